The average molecular weight is 281 g/mol. The van der Waals surface area contributed by atoms with Crippen LogP contribution in [-0.4, -0.2) is 23.5 Å². The summed E-state index contributed by atoms with van der Waals surface area (Å²) in [4.78, 5) is 2.52. The second-order valence-corrected chi connectivity index (χ2v) is 6.00. The van der Waals surface area contributed by atoms with Crippen molar-refractivity contribution in [3.05, 3.63) is 34.3 Å². The predicted molar refractivity (Wildman–Crippen MR) is 69.2 cm³/mol. The summed E-state index contributed by atoms with van der Waals surface area (Å²) < 4.78 is 1.15. The van der Waals surface area contributed by atoms with E-state index >= 15 is 0 Å². The highest BCUT2D eigenvalue weighted by Crippen LogP contribution is 2.48. The van der Waals surface area contributed by atoms with Gasteiger partial charge < -0.3 is 5.73 Å². The number of benzene rings is 1. The smallest absolute Gasteiger partial charge is 0.0528 e. The zero-order chi connectivity index (χ0) is 11.2. The molecule has 3 rings (SSSR count). The lowest BCUT2D eigenvalue weighted by Gasteiger charge is -2.42. The van der Waals surface area contributed by atoms with Crippen LogP contribution in [0.5, 0.6) is 0 Å². The molecule has 3 heteroatoms. The minimum absolute atomic E-state index is 0.0429. The summed E-state index contributed by atoms with van der Waals surface area (Å²) in [5.74, 6) is 0. The van der Waals surface area contributed by atoms with Gasteiger partial charge in [0.05, 0.1) is 6.04 Å². The molecule has 2 fully saturated rings. The zero-order valence-electron chi connectivity index (χ0n) is 9.32. The zero-order valence-corrected chi connectivity index (χ0v) is 10.9. The molecule has 1 heterocycles. The normalized spacial score (nSPS) is 24.9. The number of rotatable bonds is 3. The summed E-state index contributed by atoms with van der Waals surface area (Å²) in [6, 6.07) is 9.04. The lowest BCUT2D eigenvalue weighted by molar-refractivity contribution is 0.0931. The van der Waals surface area contributed by atoms with E-state index in [1.54, 1.807) is 0 Å². The Kier molecular flexibility index (Phi) is 2.57. The summed E-state index contributed by atoms with van der Waals surface area (Å²) in [6.45, 7) is 2.41. The summed E-state index contributed by atoms with van der Waals surface area (Å²) in [7, 11) is 0. The van der Waals surface area contributed by atoms with Gasteiger partial charge in [-0.2, -0.15) is 0 Å². The molecule has 2 nitrogen and oxygen atoms in total. The van der Waals surface area contributed by atoms with Crippen molar-refractivity contribution in [1.29, 1.82) is 0 Å². The predicted octanol–water partition coefficient (Wildman–Crippen LogP) is 2.69. The van der Waals surface area contributed by atoms with Crippen LogP contribution in [0.15, 0.2) is 28.7 Å². The van der Waals surface area contributed by atoms with Crippen LogP contribution in [0, 0.1) is 0 Å². The van der Waals surface area contributed by atoms with Crippen molar-refractivity contribution in [1.82, 2.24) is 4.90 Å². The molecule has 0 spiro atoms. The molecule has 86 valence electrons. The third-order valence-electron chi connectivity index (χ3n) is 3.79. The van der Waals surface area contributed by atoms with Crippen molar-refractivity contribution in [2.75, 3.05) is 13.1 Å². The molecule has 0 amide bonds. The van der Waals surface area contributed by atoms with E-state index in [1.807, 2.05) is 0 Å². The molecule has 1 saturated heterocycles. The maximum absolute atomic E-state index is 6.43. The molecule has 1 saturated carbocycles. The second-order valence-electron chi connectivity index (χ2n) is 5.08. The Balaban J connectivity index is 1.92. The first-order chi connectivity index (χ1) is 7.69. The first-order valence-electron chi connectivity index (χ1n) is 5.97. The van der Waals surface area contributed by atoms with Gasteiger partial charge in [0, 0.05) is 23.1 Å². The molecular weight excluding hydrogens is 264 g/mol. The van der Waals surface area contributed by atoms with Gasteiger partial charge in [-0.25, -0.2) is 0 Å². The van der Waals surface area contributed by atoms with Crippen LogP contribution < -0.4 is 5.73 Å². The molecule has 0 radical (unpaired) electrons. The molecule has 1 aliphatic carbocycles. The van der Waals surface area contributed by atoms with Crippen LogP contribution in [-0.2, 0) is 0 Å². The third kappa shape index (κ3) is 1.81. The Morgan fingerprint density at radius 3 is 2.56 bits per heavy atom. The van der Waals surface area contributed by atoms with Crippen LogP contribution in [0.4, 0.5) is 0 Å². The molecule has 1 atom stereocenters. The summed E-state index contributed by atoms with van der Waals surface area (Å²) in [6.07, 6.45) is 3.65. The van der Waals surface area contributed by atoms with Gasteiger partial charge in [-0.1, -0.05) is 28.1 Å². The topological polar surface area (TPSA) is 29.3 Å². The summed E-state index contributed by atoms with van der Waals surface area (Å²) in [5, 5.41) is 0. The summed E-state index contributed by atoms with van der Waals surface area (Å²) >= 11 is 3.55. The molecule has 0 bridgehead atoms. The van der Waals surface area contributed by atoms with Gasteiger partial charge in [0.1, 0.15) is 0 Å². The van der Waals surface area contributed by atoms with Crippen molar-refractivity contribution in [3.63, 3.8) is 0 Å². The fourth-order valence-electron chi connectivity index (χ4n) is 2.60. The van der Waals surface area contributed by atoms with Crippen molar-refractivity contribution in [2.45, 2.75) is 30.8 Å². The van der Waals surface area contributed by atoms with E-state index < -0.39 is 0 Å². The minimum atomic E-state index is 0.0429. The lowest BCUT2D eigenvalue weighted by atomic mass is 9.93. The van der Waals surface area contributed by atoms with E-state index in [0.717, 1.165) is 4.47 Å². The number of hydrogen-bond donors (Lipinski definition) is 1. The Morgan fingerprint density at radius 2 is 2.06 bits per heavy atom. The van der Waals surface area contributed by atoms with Crippen LogP contribution >= 0.6 is 15.9 Å². The molecule has 2 aliphatic rings. The van der Waals surface area contributed by atoms with Crippen LogP contribution in [0.25, 0.3) is 0 Å². The van der Waals surface area contributed by atoms with Gasteiger partial charge in [0.25, 0.3) is 0 Å². The first kappa shape index (κ1) is 10.8. The standard InChI is InChI=1S/C13H17BrN2/c14-11-4-1-3-10(9-11)12(13(15)5-6-13)16-7-2-8-16/h1,3-4,9,12H,2,5-8,15H2. The molecule has 1 aliphatic heterocycles. The molecule has 16 heavy (non-hydrogen) atoms. The van der Waals surface area contributed by atoms with Gasteiger partial charge in [-0.15, -0.1) is 0 Å². The highest BCUT2D eigenvalue weighted by Gasteiger charge is 2.49. The van der Waals surface area contributed by atoms with Gasteiger partial charge in [-0.3, -0.25) is 4.90 Å². The number of nitrogens with zero attached hydrogens (tertiary/aromatic N) is 1. The van der Waals surface area contributed by atoms with Gasteiger partial charge in [-0.05, 0) is 37.0 Å². The Hall–Kier alpha value is -0.380. The molecule has 1 unspecified atom stereocenters. The van der Waals surface area contributed by atoms with Gasteiger partial charge in [0.15, 0.2) is 0 Å². The number of nitrogens with two attached hydrogens (primary N) is 1. The van der Waals surface area contributed by atoms with Crippen molar-refractivity contribution < 1.29 is 0 Å². The first-order valence-corrected chi connectivity index (χ1v) is 6.77. The van der Waals surface area contributed by atoms with E-state index in [1.165, 1.54) is 37.9 Å². The van der Waals surface area contributed by atoms with Gasteiger partial charge >= 0.3 is 0 Å². The molecule has 1 aromatic carbocycles. The van der Waals surface area contributed by atoms with Crippen LogP contribution in [0.3, 0.4) is 0 Å². The summed E-state index contributed by atoms with van der Waals surface area (Å²) in [5.41, 5.74) is 7.84. The third-order valence-corrected chi connectivity index (χ3v) is 4.29. The Labute approximate surface area is 105 Å². The van der Waals surface area contributed by atoms with Crippen molar-refractivity contribution in [3.8, 4) is 0 Å². The molecular formula is C13H17BrN2. The highest BCUT2D eigenvalue weighted by atomic mass is 79.9. The minimum Gasteiger partial charge on any atom is -0.323 e. The van der Waals surface area contributed by atoms with E-state index in [0.29, 0.717) is 6.04 Å². The fourth-order valence-corrected chi connectivity index (χ4v) is 3.02. The number of halogens is 1. The maximum Gasteiger partial charge on any atom is 0.0528 e. The SMILES string of the molecule is NC1(C(c2cccc(Br)c2)N2CCC2)CC1. The van der Waals surface area contributed by atoms with E-state index in [9.17, 15) is 0 Å². The molecule has 0 aromatic heterocycles. The average Bonchev–Trinajstić information content (AvgIpc) is 2.90. The lowest BCUT2D eigenvalue weighted by Crippen LogP contribution is -2.49. The van der Waals surface area contributed by atoms with Crippen LogP contribution in [0.1, 0.15) is 30.9 Å². The second kappa shape index (κ2) is 3.83. The Bertz CT molecular complexity index is 397. The highest BCUT2D eigenvalue weighted by molar-refractivity contribution is 9.10. The fraction of sp³-hybridized carbons (Fsp3) is 0.538. The largest absolute Gasteiger partial charge is 0.323 e. The number of likely N-dealkylation sites (tertiary alicyclic amines) is 1. The van der Waals surface area contributed by atoms with Crippen LogP contribution in [0.2, 0.25) is 0 Å². The van der Waals surface area contributed by atoms with Crippen molar-refractivity contribution >= 4 is 15.9 Å². The van der Waals surface area contributed by atoms with Crippen molar-refractivity contribution in [2.24, 2.45) is 5.73 Å². The Morgan fingerprint density at radius 1 is 1.31 bits per heavy atom. The maximum atomic E-state index is 6.43. The molecule has 2 N–H and O–H groups in total. The molecule has 1 aromatic rings. The van der Waals surface area contributed by atoms with E-state index in [2.05, 4.69) is 45.1 Å². The monoisotopic (exact) mass is 280 g/mol. The number of hydrogen-bond acceptors (Lipinski definition) is 2. The van der Waals surface area contributed by atoms with E-state index in [4.69, 9.17) is 5.73 Å². The quantitative estimate of drug-likeness (QED) is 0.923. The van der Waals surface area contributed by atoms with E-state index in [-0.39, 0.29) is 5.54 Å². The van der Waals surface area contributed by atoms with Gasteiger partial charge in [0.2, 0.25) is 0 Å².